The van der Waals surface area contributed by atoms with Gasteiger partial charge in [0.25, 0.3) is 10.0 Å². The van der Waals surface area contributed by atoms with Gasteiger partial charge in [-0.25, -0.2) is 12.8 Å². The van der Waals surface area contributed by atoms with Crippen LogP contribution in [-0.4, -0.2) is 14.5 Å². The van der Waals surface area contributed by atoms with E-state index >= 15 is 0 Å². The van der Waals surface area contributed by atoms with Crippen molar-refractivity contribution < 1.29 is 12.8 Å². The number of sulfonamides is 1. The number of fused-ring (bicyclic) bond motifs is 1. The largest absolute Gasteiger partial charge is 0.399 e. The van der Waals surface area contributed by atoms with Gasteiger partial charge in [-0.3, -0.25) is 4.31 Å². The van der Waals surface area contributed by atoms with Gasteiger partial charge in [0.15, 0.2) is 0 Å². The number of benzene rings is 2. The second-order valence-corrected chi connectivity index (χ2v) is 6.96. The van der Waals surface area contributed by atoms with Gasteiger partial charge in [0.2, 0.25) is 0 Å². The van der Waals surface area contributed by atoms with E-state index in [0.717, 1.165) is 11.6 Å². The van der Waals surface area contributed by atoms with Crippen molar-refractivity contribution in [1.29, 1.82) is 0 Å². The lowest BCUT2D eigenvalue weighted by Crippen LogP contribution is -2.36. The maximum Gasteiger partial charge on any atom is 0.267 e. The van der Waals surface area contributed by atoms with Crippen molar-refractivity contribution in [2.45, 2.75) is 24.3 Å². The minimum absolute atomic E-state index is 0.218. The first-order valence-corrected chi connectivity index (χ1v) is 8.02. The van der Waals surface area contributed by atoms with Crippen molar-refractivity contribution in [2.24, 2.45) is 0 Å². The average Bonchev–Trinajstić information content (AvgIpc) is 2.77. The van der Waals surface area contributed by atoms with Gasteiger partial charge >= 0.3 is 0 Å². The van der Waals surface area contributed by atoms with Crippen LogP contribution in [0.15, 0.2) is 47.4 Å². The summed E-state index contributed by atoms with van der Waals surface area (Å²) in [5, 5.41) is 0. The quantitative estimate of drug-likeness (QED) is 0.867. The third-order valence-electron chi connectivity index (χ3n) is 3.64. The third-order valence-corrected chi connectivity index (χ3v) is 5.58. The molecule has 4 nitrogen and oxygen atoms in total. The third kappa shape index (κ3) is 2.15. The molecule has 3 rings (SSSR count). The van der Waals surface area contributed by atoms with Crippen LogP contribution in [0.5, 0.6) is 0 Å². The van der Waals surface area contributed by atoms with Gasteiger partial charge in [-0.1, -0.05) is 18.2 Å². The first-order chi connectivity index (χ1) is 9.91. The molecule has 1 unspecified atom stereocenters. The van der Waals surface area contributed by atoms with E-state index in [2.05, 4.69) is 0 Å². The fourth-order valence-electron chi connectivity index (χ4n) is 2.73. The molecule has 1 atom stereocenters. The number of hydrogen-bond donors (Lipinski definition) is 1. The molecule has 2 aromatic rings. The number of nitrogens with two attached hydrogens (primary N) is 1. The zero-order valence-corrected chi connectivity index (χ0v) is 12.3. The molecule has 0 spiro atoms. The van der Waals surface area contributed by atoms with Crippen LogP contribution in [0.4, 0.5) is 15.8 Å². The van der Waals surface area contributed by atoms with Crippen LogP contribution in [0.3, 0.4) is 0 Å². The SMILES string of the molecule is CC1Cc2ccccc2N1S(=O)(=O)c1cc(N)ccc1F. The summed E-state index contributed by atoms with van der Waals surface area (Å²) in [6.07, 6.45) is 0.610. The lowest BCUT2D eigenvalue weighted by Gasteiger charge is -2.24. The molecule has 0 aliphatic carbocycles. The van der Waals surface area contributed by atoms with Gasteiger partial charge in [-0.2, -0.15) is 0 Å². The topological polar surface area (TPSA) is 63.4 Å². The number of halogens is 1. The molecule has 0 fully saturated rings. The maximum absolute atomic E-state index is 14.0. The molecule has 1 heterocycles. The highest BCUT2D eigenvalue weighted by atomic mass is 32.2. The van der Waals surface area contributed by atoms with Gasteiger partial charge in [0.1, 0.15) is 10.7 Å². The number of anilines is 2. The highest BCUT2D eigenvalue weighted by molar-refractivity contribution is 7.92. The van der Waals surface area contributed by atoms with Crippen LogP contribution >= 0.6 is 0 Å². The molecule has 0 saturated heterocycles. The summed E-state index contributed by atoms with van der Waals surface area (Å²) >= 11 is 0. The predicted molar refractivity (Wildman–Crippen MR) is 80.1 cm³/mol. The molecular formula is C15H15FN2O2S. The first kappa shape index (κ1) is 13.9. The fraction of sp³-hybridized carbons (Fsp3) is 0.200. The van der Waals surface area contributed by atoms with Crippen molar-refractivity contribution in [3.05, 3.63) is 53.8 Å². The molecule has 21 heavy (non-hydrogen) atoms. The van der Waals surface area contributed by atoms with Gasteiger partial charge in [0.05, 0.1) is 5.69 Å². The summed E-state index contributed by atoms with van der Waals surface area (Å²) in [5.41, 5.74) is 7.37. The van der Waals surface area contributed by atoms with E-state index in [0.29, 0.717) is 12.1 Å². The molecule has 0 bridgehead atoms. The van der Waals surface area contributed by atoms with Crippen molar-refractivity contribution in [2.75, 3.05) is 10.0 Å². The summed E-state index contributed by atoms with van der Waals surface area (Å²) < 4.78 is 40.9. The highest BCUT2D eigenvalue weighted by Gasteiger charge is 2.37. The van der Waals surface area contributed by atoms with Crippen LogP contribution in [0.1, 0.15) is 12.5 Å². The Morgan fingerprint density at radius 2 is 1.95 bits per heavy atom. The molecule has 0 radical (unpaired) electrons. The Morgan fingerprint density at radius 1 is 1.24 bits per heavy atom. The molecule has 6 heteroatoms. The van der Waals surface area contributed by atoms with E-state index < -0.39 is 15.8 Å². The highest BCUT2D eigenvalue weighted by Crippen LogP contribution is 2.37. The molecule has 0 amide bonds. The van der Waals surface area contributed by atoms with E-state index in [-0.39, 0.29) is 16.6 Å². The van der Waals surface area contributed by atoms with E-state index in [1.165, 1.54) is 16.4 Å². The van der Waals surface area contributed by atoms with Crippen molar-refractivity contribution in [1.82, 2.24) is 0 Å². The van der Waals surface area contributed by atoms with E-state index in [4.69, 9.17) is 5.73 Å². The fourth-order valence-corrected chi connectivity index (χ4v) is 4.52. The standard InChI is InChI=1S/C15H15FN2O2S/c1-10-8-11-4-2-3-5-14(11)18(10)21(19,20)15-9-12(17)6-7-13(15)16/h2-7,9-10H,8,17H2,1H3. The average molecular weight is 306 g/mol. The normalized spacial score (nSPS) is 17.8. The second kappa shape index (κ2) is 4.73. The number of para-hydroxylation sites is 1. The maximum atomic E-state index is 14.0. The van der Waals surface area contributed by atoms with Crippen LogP contribution < -0.4 is 10.0 Å². The van der Waals surface area contributed by atoms with Crippen molar-refractivity contribution in [3.63, 3.8) is 0 Å². The molecule has 2 aromatic carbocycles. The lowest BCUT2D eigenvalue weighted by atomic mass is 10.1. The second-order valence-electron chi connectivity index (χ2n) is 5.17. The Labute approximate surface area is 123 Å². The first-order valence-electron chi connectivity index (χ1n) is 6.58. The predicted octanol–water partition coefficient (Wildman–Crippen LogP) is 2.55. The number of hydrogen-bond acceptors (Lipinski definition) is 3. The van der Waals surface area contributed by atoms with Crippen LogP contribution in [0.2, 0.25) is 0 Å². The minimum Gasteiger partial charge on any atom is -0.399 e. The van der Waals surface area contributed by atoms with E-state index in [9.17, 15) is 12.8 Å². The van der Waals surface area contributed by atoms with Crippen molar-refractivity contribution in [3.8, 4) is 0 Å². The Balaban J connectivity index is 2.17. The summed E-state index contributed by atoms with van der Waals surface area (Å²) in [6, 6.07) is 10.6. The van der Waals surface area contributed by atoms with Gasteiger partial charge < -0.3 is 5.73 Å². The lowest BCUT2D eigenvalue weighted by molar-refractivity contribution is 0.559. The molecule has 110 valence electrons. The Hall–Kier alpha value is -2.08. The Bertz CT molecular complexity index is 805. The van der Waals surface area contributed by atoms with Crippen LogP contribution in [-0.2, 0) is 16.4 Å². The number of nitrogen functional groups attached to an aromatic ring is 1. The molecule has 1 aliphatic heterocycles. The zero-order chi connectivity index (χ0) is 15.2. The minimum atomic E-state index is -3.98. The molecule has 0 saturated carbocycles. The molecule has 2 N–H and O–H groups in total. The summed E-state index contributed by atoms with van der Waals surface area (Å²) in [6.45, 7) is 1.81. The van der Waals surface area contributed by atoms with Crippen LogP contribution in [0.25, 0.3) is 0 Å². The molecular weight excluding hydrogens is 291 g/mol. The Kier molecular flexibility index (Phi) is 3.13. The molecule has 0 aromatic heterocycles. The Morgan fingerprint density at radius 3 is 2.71 bits per heavy atom. The summed E-state index contributed by atoms with van der Waals surface area (Å²) in [5.74, 6) is -0.791. The smallest absolute Gasteiger partial charge is 0.267 e. The van der Waals surface area contributed by atoms with Gasteiger partial charge in [0, 0.05) is 11.7 Å². The molecule has 1 aliphatic rings. The van der Waals surface area contributed by atoms with Crippen LogP contribution in [0, 0.1) is 5.82 Å². The monoisotopic (exact) mass is 306 g/mol. The van der Waals surface area contributed by atoms with Crippen molar-refractivity contribution >= 4 is 21.4 Å². The zero-order valence-electron chi connectivity index (χ0n) is 11.5. The van der Waals surface area contributed by atoms with Gasteiger partial charge in [-0.15, -0.1) is 0 Å². The number of nitrogens with zero attached hydrogens (tertiary/aromatic N) is 1. The van der Waals surface area contributed by atoms with E-state index in [1.807, 2.05) is 19.1 Å². The van der Waals surface area contributed by atoms with E-state index in [1.54, 1.807) is 12.1 Å². The summed E-state index contributed by atoms with van der Waals surface area (Å²) in [4.78, 5) is -0.383. The number of rotatable bonds is 2. The van der Waals surface area contributed by atoms with Gasteiger partial charge in [-0.05, 0) is 43.2 Å². The summed E-state index contributed by atoms with van der Waals surface area (Å²) in [7, 11) is -3.98.